The van der Waals surface area contributed by atoms with E-state index in [2.05, 4.69) is 52.0 Å². The number of piperidine rings is 1. The number of likely N-dealkylation sites (tertiary alicyclic amines) is 1. The van der Waals surface area contributed by atoms with E-state index in [1.807, 2.05) is 4.90 Å². The molecule has 0 unspecified atom stereocenters. The molecule has 1 aromatic rings. The van der Waals surface area contributed by atoms with Gasteiger partial charge in [-0.3, -0.25) is 9.69 Å². The first-order valence-electron chi connectivity index (χ1n) is 10.0. The van der Waals surface area contributed by atoms with Gasteiger partial charge in [-0.25, -0.2) is 4.79 Å². The maximum Gasteiger partial charge on any atom is 0.410 e. The highest BCUT2D eigenvalue weighted by Crippen LogP contribution is 2.35. The predicted octanol–water partition coefficient (Wildman–Crippen LogP) is 4.13. The lowest BCUT2D eigenvalue weighted by molar-refractivity contribution is -0.136. The fourth-order valence-electron chi connectivity index (χ4n) is 3.80. The molecule has 0 aromatic heterocycles. The molecule has 0 saturated carbocycles. The summed E-state index contributed by atoms with van der Waals surface area (Å²) in [6.07, 6.45) is 2.78. The SMILES string of the molecule is CCC(C)(C)CC(=O)N1CCC2(CC1)CN(Cc1ccc(C)cc1)C(=O)O2. The normalized spacial score (nSPS) is 19.5. The number of carbonyl (C=O) groups excluding carboxylic acids is 2. The van der Waals surface area contributed by atoms with E-state index >= 15 is 0 Å². The summed E-state index contributed by atoms with van der Waals surface area (Å²) >= 11 is 0. The number of carbonyl (C=O) groups is 2. The van der Waals surface area contributed by atoms with Gasteiger partial charge >= 0.3 is 6.09 Å². The maximum atomic E-state index is 12.6. The van der Waals surface area contributed by atoms with Crippen molar-refractivity contribution in [3.05, 3.63) is 35.4 Å². The molecule has 2 aliphatic rings. The lowest BCUT2D eigenvalue weighted by atomic mass is 9.85. The molecule has 0 N–H and O–H groups in total. The molecule has 27 heavy (non-hydrogen) atoms. The molecular formula is C22H32N2O3. The Morgan fingerprint density at radius 1 is 1.19 bits per heavy atom. The average molecular weight is 373 g/mol. The third kappa shape index (κ3) is 4.63. The molecule has 0 atom stereocenters. The molecule has 148 valence electrons. The van der Waals surface area contributed by atoms with Crippen molar-refractivity contribution in [3.8, 4) is 0 Å². The second-order valence-corrected chi connectivity index (χ2v) is 8.97. The number of hydrogen-bond donors (Lipinski definition) is 0. The number of aryl methyl sites for hydroxylation is 1. The Labute approximate surface area is 162 Å². The Morgan fingerprint density at radius 3 is 2.41 bits per heavy atom. The van der Waals surface area contributed by atoms with Crippen LogP contribution in [0.4, 0.5) is 4.79 Å². The van der Waals surface area contributed by atoms with E-state index in [0.29, 0.717) is 32.6 Å². The minimum atomic E-state index is -0.432. The monoisotopic (exact) mass is 372 g/mol. The van der Waals surface area contributed by atoms with Crippen molar-refractivity contribution in [3.63, 3.8) is 0 Å². The highest BCUT2D eigenvalue weighted by molar-refractivity contribution is 5.77. The van der Waals surface area contributed by atoms with Crippen LogP contribution in [0, 0.1) is 12.3 Å². The molecule has 3 rings (SSSR count). The molecule has 2 aliphatic heterocycles. The molecule has 2 heterocycles. The molecule has 2 fully saturated rings. The standard InChI is InChI=1S/C22H32N2O3/c1-5-21(3,4)14-19(25)23-12-10-22(11-13-23)16-24(20(26)27-22)15-18-8-6-17(2)7-9-18/h6-9H,5,10-16H2,1-4H3. The van der Waals surface area contributed by atoms with Crippen molar-refractivity contribution in [2.45, 2.75) is 65.5 Å². The highest BCUT2D eigenvalue weighted by Gasteiger charge is 2.47. The fraction of sp³-hybridized carbons (Fsp3) is 0.636. The molecule has 0 radical (unpaired) electrons. The molecule has 2 saturated heterocycles. The third-order valence-corrected chi connectivity index (χ3v) is 6.15. The number of hydrogen-bond acceptors (Lipinski definition) is 3. The summed E-state index contributed by atoms with van der Waals surface area (Å²) < 4.78 is 5.80. The van der Waals surface area contributed by atoms with E-state index in [1.165, 1.54) is 5.56 Å². The largest absolute Gasteiger partial charge is 0.441 e. The van der Waals surface area contributed by atoms with E-state index in [-0.39, 0.29) is 17.4 Å². The molecule has 5 nitrogen and oxygen atoms in total. The number of amides is 2. The van der Waals surface area contributed by atoms with Crippen molar-refractivity contribution in [1.29, 1.82) is 0 Å². The molecule has 0 bridgehead atoms. The number of nitrogens with zero attached hydrogens (tertiary/aromatic N) is 2. The van der Waals surface area contributed by atoms with Crippen molar-refractivity contribution in [2.24, 2.45) is 5.41 Å². The van der Waals surface area contributed by atoms with Gasteiger partial charge in [-0.2, -0.15) is 0 Å². The van der Waals surface area contributed by atoms with Crippen LogP contribution >= 0.6 is 0 Å². The van der Waals surface area contributed by atoms with Crippen molar-refractivity contribution in [1.82, 2.24) is 9.80 Å². The Hall–Kier alpha value is -2.04. The molecular weight excluding hydrogens is 340 g/mol. The van der Waals surface area contributed by atoms with Gasteiger partial charge in [-0.1, -0.05) is 57.0 Å². The van der Waals surface area contributed by atoms with Gasteiger partial charge < -0.3 is 9.64 Å². The second-order valence-electron chi connectivity index (χ2n) is 8.97. The van der Waals surface area contributed by atoms with Gasteiger partial charge in [0.15, 0.2) is 0 Å². The van der Waals surface area contributed by atoms with Crippen LogP contribution in [0.25, 0.3) is 0 Å². The van der Waals surface area contributed by atoms with Gasteiger partial charge in [0.05, 0.1) is 6.54 Å². The molecule has 1 aromatic carbocycles. The lowest BCUT2D eigenvalue weighted by Crippen LogP contribution is -2.49. The zero-order chi connectivity index (χ0) is 19.7. The van der Waals surface area contributed by atoms with Crippen molar-refractivity contribution < 1.29 is 14.3 Å². The average Bonchev–Trinajstić information content (AvgIpc) is 2.92. The lowest BCUT2D eigenvalue weighted by Gasteiger charge is -2.38. The number of rotatable bonds is 5. The maximum absolute atomic E-state index is 12.6. The zero-order valence-electron chi connectivity index (χ0n) is 17.1. The summed E-state index contributed by atoms with van der Waals surface area (Å²) in [7, 11) is 0. The van der Waals surface area contributed by atoms with E-state index < -0.39 is 5.60 Å². The smallest absolute Gasteiger partial charge is 0.410 e. The van der Waals surface area contributed by atoms with Gasteiger partial charge in [0, 0.05) is 38.9 Å². The second kappa shape index (κ2) is 7.53. The molecule has 0 aliphatic carbocycles. The molecule has 2 amide bonds. The minimum absolute atomic E-state index is 0.0386. The number of ether oxygens (including phenoxy) is 1. The minimum Gasteiger partial charge on any atom is -0.441 e. The van der Waals surface area contributed by atoms with Crippen LogP contribution in [0.2, 0.25) is 0 Å². The number of benzene rings is 1. The van der Waals surface area contributed by atoms with Crippen LogP contribution in [0.1, 0.15) is 57.6 Å². The van der Waals surface area contributed by atoms with Crippen LogP contribution in [-0.4, -0.2) is 47.0 Å². The van der Waals surface area contributed by atoms with E-state index in [1.54, 1.807) is 4.90 Å². The summed E-state index contributed by atoms with van der Waals surface area (Å²) in [5.41, 5.74) is 1.93. The summed E-state index contributed by atoms with van der Waals surface area (Å²) in [4.78, 5) is 28.7. The summed E-state index contributed by atoms with van der Waals surface area (Å²) in [5.74, 6) is 0.220. The highest BCUT2D eigenvalue weighted by atomic mass is 16.6. The third-order valence-electron chi connectivity index (χ3n) is 6.15. The zero-order valence-corrected chi connectivity index (χ0v) is 17.1. The van der Waals surface area contributed by atoms with E-state index in [4.69, 9.17) is 4.74 Å². The van der Waals surface area contributed by atoms with Crippen LogP contribution in [0.5, 0.6) is 0 Å². The predicted molar refractivity (Wildman–Crippen MR) is 105 cm³/mol. The van der Waals surface area contributed by atoms with Gasteiger partial charge in [-0.05, 0) is 17.9 Å². The van der Waals surface area contributed by atoms with E-state index in [9.17, 15) is 9.59 Å². The fourth-order valence-corrected chi connectivity index (χ4v) is 3.80. The van der Waals surface area contributed by atoms with Gasteiger partial charge in [0.2, 0.25) is 5.91 Å². The Kier molecular flexibility index (Phi) is 5.50. The first-order chi connectivity index (χ1) is 12.7. The Bertz CT molecular complexity index is 688. The first kappa shape index (κ1) is 19.7. The van der Waals surface area contributed by atoms with Crippen LogP contribution in [0.15, 0.2) is 24.3 Å². The van der Waals surface area contributed by atoms with Gasteiger partial charge in [0.25, 0.3) is 0 Å². The topological polar surface area (TPSA) is 49.9 Å². The summed E-state index contributed by atoms with van der Waals surface area (Å²) in [5, 5.41) is 0. The Balaban J connectivity index is 1.56. The molecule has 1 spiro atoms. The van der Waals surface area contributed by atoms with E-state index in [0.717, 1.165) is 24.8 Å². The quantitative estimate of drug-likeness (QED) is 0.781. The van der Waals surface area contributed by atoms with Gasteiger partial charge in [-0.15, -0.1) is 0 Å². The first-order valence-corrected chi connectivity index (χ1v) is 10.0. The van der Waals surface area contributed by atoms with Crippen molar-refractivity contribution >= 4 is 12.0 Å². The summed E-state index contributed by atoms with van der Waals surface area (Å²) in [6, 6.07) is 8.25. The van der Waals surface area contributed by atoms with Crippen LogP contribution < -0.4 is 0 Å². The molecule has 5 heteroatoms. The van der Waals surface area contributed by atoms with Gasteiger partial charge in [0.1, 0.15) is 5.60 Å². The van der Waals surface area contributed by atoms with Crippen LogP contribution in [-0.2, 0) is 16.1 Å². The van der Waals surface area contributed by atoms with Crippen LogP contribution in [0.3, 0.4) is 0 Å². The van der Waals surface area contributed by atoms with Crippen molar-refractivity contribution in [2.75, 3.05) is 19.6 Å². The Morgan fingerprint density at radius 2 is 1.81 bits per heavy atom. The summed E-state index contributed by atoms with van der Waals surface area (Å²) in [6.45, 7) is 11.0.